The van der Waals surface area contributed by atoms with Crippen molar-refractivity contribution in [2.75, 3.05) is 11.5 Å². The molecule has 0 radical (unpaired) electrons. The molecular formula is C10H10N2O2. The van der Waals surface area contributed by atoms with Crippen LogP contribution in [0.5, 0.6) is 0 Å². The van der Waals surface area contributed by atoms with Crippen LogP contribution < -0.4 is 17.1 Å². The molecule has 2 rings (SSSR count). The van der Waals surface area contributed by atoms with Gasteiger partial charge in [-0.3, -0.25) is 0 Å². The number of rotatable bonds is 0. The van der Waals surface area contributed by atoms with Crippen LogP contribution in [0.3, 0.4) is 0 Å². The summed E-state index contributed by atoms with van der Waals surface area (Å²) in [5.74, 6) is 0. The second-order valence-electron chi connectivity index (χ2n) is 3.23. The van der Waals surface area contributed by atoms with Gasteiger partial charge in [0.25, 0.3) is 0 Å². The zero-order chi connectivity index (χ0) is 10.3. The van der Waals surface area contributed by atoms with Gasteiger partial charge in [-0.2, -0.15) is 0 Å². The summed E-state index contributed by atoms with van der Waals surface area (Å²) in [7, 11) is 0. The maximum atomic E-state index is 11.1. The Balaban J connectivity index is 2.96. The molecule has 0 bridgehead atoms. The van der Waals surface area contributed by atoms with Crippen molar-refractivity contribution in [2.45, 2.75) is 6.92 Å². The number of nitrogens with two attached hydrogens (primary N) is 2. The molecule has 0 saturated carbocycles. The van der Waals surface area contributed by atoms with Crippen LogP contribution >= 0.6 is 0 Å². The number of benzene rings is 1. The first-order valence-corrected chi connectivity index (χ1v) is 4.17. The lowest BCUT2D eigenvalue weighted by Crippen LogP contribution is -2.00. The van der Waals surface area contributed by atoms with Gasteiger partial charge in [-0.25, -0.2) is 4.79 Å². The second kappa shape index (κ2) is 2.77. The summed E-state index contributed by atoms with van der Waals surface area (Å²) in [5.41, 5.74) is 13.1. The Kier molecular flexibility index (Phi) is 1.70. The second-order valence-corrected chi connectivity index (χ2v) is 3.23. The minimum atomic E-state index is -0.376. The number of fused-ring (bicyclic) bond motifs is 1. The summed E-state index contributed by atoms with van der Waals surface area (Å²) < 4.78 is 4.99. The molecule has 72 valence electrons. The topological polar surface area (TPSA) is 82.2 Å². The van der Waals surface area contributed by atoms with Gasteiger partial charge in [0.05, 0.1) is 11.4 Å². The van der Waals surface area contributed by atoms with E-state index in [9.17, 15) is 4.79 Å². The Labute approximate surface area is 80.1 Å². The minimum Gasteiger partial charge on any atom is -0.423 e. The van der Waals surface area contributed by atoms with E-state index in [2.05, 4.69) is 0 Å². The largest absolute Gasteiger partial charge is 0.423 e. The van der Waals surface area contributed by atoms with Gasteiger partial charge in [-0.15, -0.1) is 0 Å². The predicted octanol–water partition coefficient (Wildman–Crippen LogP) is 1.27. The van der Waals surface area contributed by atoms with E-state index in [4.69, 9.17) is 15.9 Å². The molecular weight excluding hydrogens is 180 g/mol. The molecule has 1 aromatic carbocycles. The number of anilines is 2. The summed E-state index contributed by atoms with van der Waals surface area (Å²) in [6.07, 6.45) is 0. The number of aryl methyl sites for hydroxylation is 1. The fraction of sp³-hybridized carbons (Fsp3) is 0.100. The van der Waals surface area contributed by atoms with Crippen LogP contribution in [0.4, 0.5) is 11.4 Å². The first kappa shape index (κ1) is 8.62. The Hall–Kier alpha value is -1.97. The van der Waals surface area contributed by atoms with Crippen molar-refractivity contribution in [3.05, 3.63) is 34.2 Å². The molecule has 0 spiro atoms. The van der Waals surface area contributed by atoms with Crippen molar-refractivity contribution in [3.63, 3.8) is 0 Å². The highest BCUT2D eigenvalue weighted by Crippen LogP contribution is 2.24. The standard InChI is InChI=1S/C10H10N2O2/c1-5-2-10(13)14-9-4-8(12)7(11)3-6(5)9/h2-4H,11-12H2,1H3. The highest BCUT2D eigenvalue weighted by molar-refractivity contribution is 5.88. The smallest absolute Gasteiger partial charge is 0.336 e. The van der Waals surface area contributed by atoms with Crippen LogP contribution in [0, 0.1) is 6.92 Å². The summed E-state index contributed by atoms with van der Waals surface area (Å²) in [6, 6.07) is 4.71. The SMILES string of the molecule is Cc1cc(=O)oc2cc(N)c(N)cc12. The van der Waals surface area contributed by atoms with Crippen molar-refractivity contribution in [1.82, 2.24) is 0 Å². The van der Waals surface area contributed by atoms with Crippen LogP contribution in [0.15, 0.2) is 27.4 Å². The highest BCUT2D eigenvalue weighted by atomic mass is 16.4. The van der Waals surface area contributed by atoms with Gasteiger partial charge >= 0.3 is 5.63 Å². The van der Waals surface area contributed by atoms with E-state index >= 15 is 0 Å². The fourth-order valence-electron chi connectivity index (χ4n) is 1.40. The maximum Gasteiger partial charge on any atom is 0.336 e. The molecule has 1 aromatic heterocycles. The summed E-state index contributed by atoms with van der Waals surface area (Å²) in [6.45, 7) is 1.83. The van der Waals surface area contributed by atoms with E-state index in [0.29, 0.717) is 17.0 Å². The van der Waals surface area contributed by atoms with E-state index in [0.717, 1.165) is 10.9 Å². The van der Waals surface area contributed by atoms with Gasteiger partial charge in [0.1, 0.15) is 5.58 Å². The number of hydrogen-bond donors (Lipinski definition) is 2. The van der Waals surface area contributed by atoms with E-state index in [-0.39, 0.29) is 5.63 Å². The number of nitrogen functional groups attached to an aromatic ring is 2. The first-order valence-electron chi connectivity index (χ1n) is 4.17. The Bertz CT molecular complexity index is 558. The minimum absolute atomic E-state index is 0.376. The van der Waals surface area contributed by atoms with E-state index in [1.165, 1.54) is 6.07 Å². The van der Waals surface area contributed by atoms with Crippen molar-refractivity contribution in [3.8, 4) is 0 Å². The molecule has 0 aliphatic heterocycles. The van der Waals surface area contributed by atoms with Crippen LogP contribution in [0.25, 0.3) is 11.0 Å². The lowest BCUT2D eigenvalue weighted by Gasteiger charge is -2.04. The third-order valence-electron chi connectivity index (χ3n) is 2.15. The average Bonchev–Trinajstić information content (AvgIpc) is 2.08. The summed E-state index contributed by atoms with van der Waals surface area (Å²) in [5, 5.41) is 0.816. The fourth-order valence-corrected chi connectivity index (χ4v) is 1.40. The molecule has 1 heterocycles. The van der Waals surface area contributed by atoms with Gasteiger partial charge in [0.15, 0.2) is 0 Å². The molecule has 0 amide bonds. The summed E-state index contributed by atoms with van der Waals surface area (Å²) >= 11 is 0. The normalized spacial score (nSPS) is 10.6. The summed E-state index contributed by atoms with van der Waals surface area (Å²) in [4.78, 5) is 11.1. The van der Waals surface area contributed by atoms with Crippen LogP contribution in [0.2, 0.25) is 0 Å². The zero-order valence-corrected chi connectivity index (χ0v) is 7.70. The quantitative estimate of drug-likeness (QED) is 0.484. The molecule has 14 heavy (non-hydrogen) atoms. The highest BCUT2D eigenvalue weighted by Gasteiger charge is 2.04. The van der Waals surface area contributed by atoms with Gasteiger partial charge < -0.3 is 15.9 Å². The molecule has 4 heteroatoms. The van der Waals surface area contributed by atoms with Crippen molar-refractivity contribution in [1.29, 1.82) is 0 Å². The maximum absolute atomic E-state index is 11.1. The lowest BCUT2D eigenvalue weighted by molar-refractivity contribution is 0.560. The zero-order valence-electron chi connectivity index (χ0n) is 7.70. The molecule has 4 nitrogen and oxygen atoms in total. The first-order chi connectivity index (χ1) is 6.58. The lowest BCUT2D eigenvalue weighted by atomic mass is 10.1. The number of hydrogen-bond acceptors (Lipinski definition) is 4. The molecule has 0 atom stereocenters. The molecule has 0 aliphatic rings. The van der Waals surface area contributed by atoms with Crippen LogP contribution in [-0.4, -0.2) is 0 Å². The van der Waals surface area contributed by atoms with Crippen LogP contribution in [-0.2, 0) is 0 Å². The van der Waals surface area contributed by atoms with Gasteiger partial charge in [0.2, 0.25) is 0 Å². The van der Waals surface area contributed by atoms with E-state index in [1.54, 1.807) is 12.1 Å². The van der Waals surface area contributed by atoms with Crippen LogP contribution in [0.1, 0.15) is 5.56 Å². The van der Waals surface area contributed by atoms with Gasteiger partial charge in [-0.05, 0) is 18.6 Å². The van der Waals surface area contributed by atoms with Gasteiger partial charge in [-0.1, -0.05) is 0 Å². The van der Waals surface area contributed by atoms with Crippen molar-refractivity contribution >= 4 is 22.3 Å². The van der Waals surface area contributed by atoms with Crippen molar-refractivity contribution in [2.24, 2.45) is 0 Å². The van der Waals surface area contributed by atoms with E-state index in [1.807, 2.05) is 6.92 Å². The third kappa shape index (κ3) is 1.21. The Morgan fingerprint density at radius 1 is 1.14 bits per heavy atom. The third-order valence-corrected chi connectivity index (χ3v) is 2.15. The molecule has 4 N–H and O–H groups in total. The van der Waals surface area contributed by atoms with E-state index < -0.39 is 0 Å². The Morgan fingerprint density at radius 2 is 1.79 bits per heavy atom. The van der Waals surface area contributed by atoms with Crippen molar-refractivity contribution < 1.29 is 4.42 Å². The predicted molar refractivity (Wildman–Crippen MR) is 56.0 cm³/mol. The van der Waals surface area contributed by atoms with Gasteiger partial charge in [0, 0.05) is 17.5 Å². The average molecular weight is 190 g/mol. The monoisotopic (exact) mass is 190 g/mol. The molecule has 0 unspecified atom stereocenters. The Morgan fingerprint density at radius 3 is 2.50 bits per heavy atom. The molecule has 0 aliphatic carbocycles. The molecule has 2 aromatic rings. The molecule has 0 saturated heterocycles. The molecule has 0 fully saturated rings.